The third kappa shape index (κ3) is 3.09. The Bertz CT molecular complexity index is 467. The molecule has 0 aromatic heterocycles. The van der Waals surface area contributed by atoms with Crippen LogP contribution in [-0.4, -0.2) is 35.2 Å². The predicted octanol–water partition coefficient (Wildman–Crippen LogP) is 3.05. The summed E-state index contributed by atoms with van der Waals surface area (Å²) in [4.78, 5) is 14.0. The van der Waals surface area contributed by atoms with Crippen molar-refractivity contribution in [1.29, 1.82) is 0 Å². The summed E-state index contributed by atoms with van der Waals surface area (Å²) in [5, 5.41) is 12.2. The topological polar surface area (TPSA) is 52.6 Å². The van der Waals surface area contributed by atoms with E-state index in [0.717, 1.165) is 34.1 Å². The number of hydrogen-bond donors (Lipinski definition) is 2. The third-order valence-corrected chi connectivity index (χ3v) is 4.04. The number of likely N-dealkylation sites (tertiary alicyclic amines) is 1. The Morgan fingerprint density at radius 3 is 2.68 bits per heavy atom. The first-order chi connectivity index (χ1) is 9.02. The zero-order valence-electron chi connectivity index (χ0n) is 11.2. The van der Waals surface area contributed by atoms with Gasteiger partial charge in [-0.3, -0.25) is 0 Å². The summed E-state index contributed by atoms with van der Waals surface area (Å²) in [6, 6.07) is 3.80. The van der Waals surface area contributed by atoms with Gasteiger partial charge in [-0.1, -0.05) is 15.9 Å². The van der Waals surface area contributed by atoms with Gasteiger partial charge in [-0.15, -0.1) is 0 Å². The molecule has 0 aliphatic carbocycles. The fraction of sp³-hybridized carbons (Fsp3) is 0.500. The van der Waals surface area contributed by atoms with E-state index in [1.165, 1.54) is 0 Å². The minimum atomic E-state index is -0.120. The molecule has 0 bridgehead atoms. The van der Waals surface area contributed by atoms with Crippen molar-refractivity contribution in [3.8, 4) is 0 Å². The molecular formula is C14H19BrN2O2. The Kier molecular flexibility index (Phi) is 4.47. The molecule has 0 unspecified atom stereocenters. The molecule has 1 saturated heterocycles. The number of rotatable bonds is 2. The Morgan fingerprint density at radius 1 is 1.47 bits per heavy atom. The van der Waals surface area contributed by atoms with Gasteiger partial charge in [-0.2, -0.15) is 0 Å². The van der Waals surface area contributed by atoms with E-state index in [1.54, 1.807) is 4.90 Å². The van der Waals surface area contributed by atoms with Gasteiger partial charge >= 0.3 is 6.03 Å². The first-order valence-corrected chi connectivity index (χ1v) is 7.27. The first-order valence-electron chi connectivity index (χ1n) is 6.48. The van der Waals surface area contributed by atoms with E-state index in [4.69, 9.17) is 0 Å². The van der Waals surface area contributed by atoms with Crippen LogP contribution in [0.5, 0.6) is 0 Å². The number of nitrogens with zero attached hydrogens (tertiary/aromatic N) is 1. The van der Waals surface area contributed by atoms with E-state index in [9.17, 15) is 9.90 Å². The number of carbonyl (C=O) groups excluding carboxylic acids is 1. The van der Waals surface area contributed by atoms with Crippen LogP contribution in [0, 0.1) is 13.8 Å². The van der Waals surface area contributed by atoms with Crippen molar-refractivity contribution in [3.05, 3.63) is 27.7 Å². The highest BCUT2D eigenvalue weighted by atomic mass is 79.9. The molecular weight excluding hydrogens is 308 g/mol. The molecule has 1 fully saturated rings. The Balaban J connectivity index is 2.15. The van der Waals surface area contributed by atoms with E-state index in [1.807, 2.05) is 26.0 Å². The maximum Gasteiger partial charge on any atom is 0.322 e. The number of halogens is 1. The maximum atomic E-state index is 12.3. The first kappa shape index (κ1) is 14.3. The molecule has 19 heavy (non-hydrogen) atoms. The van der Waals surface area contributed by atoms with E-state index >= 15 is 0 Å². The molecule has 0 radical (unpaired) electrons. The average Bonchev–Trinajstić information content (AvgIpc) is 2.81. The second kappa shape index (κ2) is 5.92. The number of nitrogens with one attached hydrogen (secondary N) is 1. The molecule has 0 spiro atoms. The van der Waals surface area contributed by atoms with Crippen LogP contribution < -0.4 is 5.32 Å². The second-order valence-corrected chi connectivity index (χ2v) is 5.93. The third-order valence-electron chi connectivity index (χ3n) is 3.58. The number of hydrogen-bond acceptors (Lipinski definition) is 2. The second-order valence-electron chi connectivity index (χ2n) is 5.02. The standard InChI is InChI=1S/C14H19BrN2O2/c1-9-6-11(15)7-10(2)13(9)16-14(19)17-5-3-4-12(17)8-18/h6-7,12,18H,3-5,8H2,1-2H3,(H,16,19)/t12-/m1/s1. The average molecular weight is 327 g/mol. The number of amides is 2. The molecule has 1 aromatic rings. The molecule has 1 atom stereocenters. The van der Waals surface area contributed by atoms with Gasteiger partial charge < -0.3 is 15.3 Å². The van der Waals surface area contributed by atoms with Gasteiger partial charge in [0, 0.05) is 16.7 Å². The van der Waals surface area contributed by atoms with Crippen molar-refractivity contribution in [2.75, 3.05) is 18.5 Å². The largest absolute Gasteiger partial charge is 0.394 e. The molecule has 1 aromatic carbocycles. The Labute approximate surface area is 121 Å². The van der Waals surface area contributed by atoms with Crippen molar-refractivity contribution in [3.63, 3.8) is 0 Å². The van der Waals surface area contributed by atoms with E-state index in [2.05, 4.69) is 21.2 Å². The van der Waals surface area contributed by atoms with Crippen molar-refractivity contribution in [1.82, 2.24) is 4.90 Å². The Hall–Kier alpha value is -1.07. The molecule has 104 valence electrons. The summed E-state index contributed by atoms with van der Waals surface area (Å²) in [5.41, 5.74) is 2.91. The van der Waals surface area contributed by atoms with Gasteiger partial charge in [0.15, 0.2) is 0 Å². The SMILES string of the molecule is Cc1cc(Br)cc(C)c1NC(=O)N1CCC[C@@H]1CO. The number of benzene rings is 1. The van der Waals surface area contributed by atoms with Gasteiger partial charge in [0.2, 0.25) is 0 Å². The van der Waals surface area contributed by atoms with Crippen LogP contribution in [0.15, 0.2) is 16.6 Å². The lowest BCUT2D eigenvalue weighted by molar-refractivity contribution is 0.166. The van der Waals surface area contributed by atoms with Crippen LogP contribution in [0.25, 0.3) is 0 Å². The molecule has 2 amide bonds. The zero-order valence-corrected chi connectivity index (χ0v) is 12.8. The minimum Gasteiger partial charge on any atom is -0.394 e. The molecule has 5 heteroatoms. The van der Waals surface area contributed by atoms with Crippen molar-refractivity contribution in [2.24, 2.45) is 0 Å². The zero-order chi connectivity index (χ0) is 14.0. The smallest absolute Gasteiger partial charge is 0.322 e. The van der Waals surface area contributed by atoms with E-state index in [0.29, 0.717) is 6.54 Å². The minimum absolute atomic E-state index is 0.0335. The van der Waals surface area contributed by atoms with Gasteiger partial charge in [0.05, 0.1) is 12.6 Å². The molecule has 2 rings (SSSR count). The highest BCUT2D eigenvalue weighted by Gasteiger charge is 2.28. The monoisotopic (exact) mass is 326 g/mol. The van der Waals surface area contributed by atoms with E-state index in [-0.39, 0.29) is 18.7 Å². The van der Waals surface area contributed by atoms with Gasteiger partial charge in [0.25, 0.3) is 0 Å². The van der Waals surface area contributed by atoms with Crippen LogP contribution in [0.1, 0.15) is 24.0 Å². The maximum absolute atomic E-state index is 12.3. The van der Waals surface area contributed by atoms with Crippen LogP contribution in [0.2, 0.25) is 0 Å². The predicted molar refractivity (Wildman–Crippen MR) is 79.4 cm³/mol. The lowest BCUT2D eigenvalue weighted by atomic mass is 10.1. The number of anilines is 1. The fourth-order valence-electron chi connectivity index (χ4n) is 2.58. The fourth-order valence-corrected chi connectivity index (χ4v) is 3.27. The lowest BCUT2D eigenvalue weighted by Crippen LogP contribution is -2.40. The summed E-state index contributed by atoms with van der Waals surface area (Å²) >= 11 is 3.44. The van der Waals surface area contributed by atoms with Crippen molar-refractivity contribution < 1.29 is 9.90 Å². The van der Waals surface area contributed by atoms with Gasteiger partial charge in [-0.25, -0.2) is 4.79 Å². The van der Waals surface area contributed by atoms with Gasteiger partial charge in [-0.05, 0) is 49.9 Å². The summed E-state index contributed by atoms with van der Waals surface area (Å²) in [5.74, 6) is 0. The number of urea groups is 1. The van der Waals surface area contributed by atoms with Crippen LogP contribution in [0.3, 0.4) is 0 Å². The number of aliphatic hydroxyl groups excluding tert-OH is 1. The summed E-state index contributed by atoms with van der Waals surface area (Å²) in [6.45, 7) is 4.69. The highest BCUT2D eigenvalue weighted by Crippen LogP contribution is 2.26. The molecule has 1 aliphatic heterocycles. The van der Waals surface area contributed by atoms with Crippen LogP contribution in [-0.2, 0) is 0 Å². The molecule has 0 saturated carbocycles. The highest BCUT2D eigenvalue weighted by molar-refractivity contribution is 9.10. The van der Waals surface area contributed by atoms with Gasteiger partial charge in [0.1, 0.15) is 0 Å². The quantitative estimate of drug-likeness (QED) is 0.877. The lowest BCUT2D eigenvalue weighted by Gasteiger charge is -2.24. The number of aliphatic hydroxyl groups is 1. The summed E-state index contributed by atoms with van der Waals surface area (Å²) in [6.07, 6.45) is 1.83. The molecule has 1 heterocycles. The van der Waals surface area contributed by atoms with Crippen molar-refractivity contribution >= 4 is 27.6 Å². The number of carbonyl (C=O) groups is 1. The Morgan fingerprint density at radius 2 is 2.11 bits per heavy atom. The summed E-state index contributed by atoms with van der Waals surface area (Å²) in [7, 11) is 0. The number of aryl methyl sites for hydroxylation is 2. The normalized spacial score (nSPS) is 18.7. The molecule has 2 N–H and O–H groups in total. The summed E-state index contributed by atoms with van der Waals surface area (Å²) < 4.78 is 1.01. The van der Waals surface area contributed by atoms with E-state index < -0.39 is 0 Å². The van der Waals surface area contributed by atoms with Crippen molar-refractivity contribution in [2.45, 2.75) is 32.7 Å². The molecule has 1 aliphatic rings. The van der Waals surface area contributed by atoms with Crippen LogP contribution in [0.4, 0.5) is 10.5 Å². The van der Waals surface area contributed by atoms with Crippen LogP contribution >= 0.6 is 15.9 Å². The molecule has 4 nitrogen and oxygen atoms in total.